The lowest BCUT2D eigenvalue weighted by Gasteiger charge is -2.38. The van der Waals surface area contributed by atoms with Crippen LogP contribution in [0.5, 0.6) is 0 Å². The second kappa shape index (κ2) is 10.4. The molecule has 6 rings (SSSR count). The summed E-state index contributed by atoms with van der Waals surface area (Å²) >= 11 is 0. The first kappa shape index (κ1) is 25.0. The lowest BCUT2D eigenvalue weighted by atomic mass is 9.91. The first-order valence-corrected chi connectivity index (χ1v) is 14.4. The fourth-order valence-electron chi connectivity index (χ4n) is 6.37. The molecule has 1 saturated heterocycles. The fourth-order valence-corrected chi connectivity index (χ4v) is 6.37. The van der Waals surface area contributed by atoms with Gasteiger partial charge in [0.05, 0.1) is 30.3 Å². The van der Waals surface area contributed by atoms with E-state index in [2.05, 4.69) is 59.7 Å². The number of anilines is 1. The molecular weight excluding hydrogens is 460 g/mol. The lowest BCUT2D eigenvalue weighted by Crippen LogP contribution is -2.50. The van der Waals surface area contributed by atoms with Gasteiger partial charge < -0.3 is 15.3 Å². The quantitative estimate of drug-likeness (QED) is 0.530. The molecule has 1 aromatic carbocycles. The molecule has 3 fully saturated rings. The Balaban J connectivity index is 1.25. The summed E-state index contributed by atoms with van der Waals surface area (Å²) in [6.07, 6.45) is 12.0. The predicted octanol–water partition coefficient (Wildman–Crippen LogP) is 4.08. The molecule has 4 aliphatic rings. The molecule has 2 aliphatic carbocycles. The number of fused-ring (bicyclic) bond motifs is 1. The first-order chi connectivity index (χ1) is 18.0. The van der Waals surface area contributed by atoms with Crippen molar-refractivity contribution < 1.29 is 5.11 Å². The summed E-state index contributed by atoms with van der Waals surface area (Å²) in [7, 11) is 4.51. The molecule has 2 N–H and O–H groups in total. The number of quaternary nitrogens is 1. The van der Waals surface area contributed by atoms with Gasteiger partial charge in [0.15, 0.2) is 0 Å². The summed E-state index contributed by atoms with van der Waals surface area (Å²) in [5, 5.41) is 13.7. The molecule has 2 aromatic rings. The number of rotatable bonds is 8. The van der Waals surface area contributed by atoms with E-state index in [1.165, 1.54) is 36.0 Å². The van der Waals surface area contributed by atoms with Crippen LogP contribution in [0.4, 0.5) is 11.8 Å². The number of benzene rings is 1. The zero-order valence-electron chi connectivity index (χ0n) is 22.6. The molecule has 0 bridgehead atoms. The van der Waals surface area contributed by atoms with Crippen molar-refractivity contribution in [1.82, 2.24) is 24.3 Å². The molecule has 7 nitrogen and oxygen atoms in total. The van der Waals surface area contributed by atoms with Crippen molar-refractivity contribution in [2.75, 3.05) is 52.1 Å². The van der Waals surface area contributed by atoms with Gasteiger partial charge in [0, 0.05) is 58.3 Å². The van der Waals surface area contributed by atoms with Gasteiger partial charge in [-0.05, 0) is 43.4 Å². The van der Waals surface area contributed by atoms with Crippen molar-refractivity contribution >= 4 is 17.3 Å². The molecule has 198 valence electrons. The monoisotopic (exact) mass is 503 g/mol. The van der Waals surface area contributed by atoms with E-state index in [9.17, 15) is 5.11 Å². The SMILES string of the molecule is CN1CCN(Cc2ccc(C3=C[N+](C)(C4CCC(O)CC4)c4nc(NCCC5CC5)ncc43)cc2)CC1. The summed E-state index contributed by atoms with van der Waals surface area (Å²) in [4.78, 5) is 14.8. The van der Waals surface area contributed by atoms with Gasteiger partial charge in [-0.3, -0.25) is 4.90 Å². The number of nitrogens with zero attached hydrogens (tertiary/aromatic N) is 5. The summed E-state index contributed by atoms with van der Waals surface area (Å²) in [5.41, 5.74) is 4.99. The predicted molar refractivity (Wildman–Crippen MR) is 150 cm³/mol. The highest BCUT2D eigenvalue weighted by atomic mass is 16.3. The smallest absolute Gasteiger partial charge is 0.245 e. The Bertz CT molecular complexity index is 1110. The van der Waals surface area contributed by atoms with E-state index in [-0.39, 0.29) is 6.10 Å². The van der Waals surface area contributed by atoms with Crippen LogP contribution in [0, 0.1) is 5.92 Å². The van der Waals surface area contributed by atoms with E-state index in [4.69, 9.17) is 9.97 Å². The van der Waals surface area contributed by atoms with Gasteiger partial charge in [-0.25, -0.2) is 9.47 Å². The number of likely N-dealkylation sites (N-methyl/N-ethyl adjacent to an activating group) is 1. The molecular formula is C30H43N6O+. The Labute approximate surface area is 221 Å². The van der Waals surface area contributed by atoms with Crippen LogP contribution < -0.4 is 9.80 Å². The molecule has 1 atom stereocenters. The lowest BCUT2D eigenvalue weighted by molar-refractivity contribution is 0.0984. The number of hydrogen-bond donors (Lipinski definition) is 2. The van der Waals surface area contributed by atoms with Crippen LogP contribution in [0.25, 0.3) is 5.57 Å². The van der Waals surface area contributed by atoms with Crippen LogP contribution in [-0.4, -0.2) is 83.8 Å². The topological polar surface area (TPSA) is 64.5 Å². The fraction of sp³-hybridized carbons (Fsp3) is 0.600. The van der Waals surface area contributed by atoms with Crippen LogP contribution in [0.3, 0.4) is 0 Å². The Morgan fingerprint density at radius 3 is 2.43 bits per heavy atom. The molecule has 37 heavy (non-hydrogen) atoms. The maximum Gasteiger partial charge on any atom is 0.245 e. The third-order valence-corrected chi connectivity index (χ3v) is 9.14. The number of piperazine rings is 1. The van der Waals surface area contributed by atoms with Crippen LogP contribution in [0.15, 0.2) is 36.7 Å². The minimum atomic E-state index is -0.161. The molecule has 0 radical (unpaired) electrons. The minimum Gasteiger partial charge on any atom is -0.393 e. The standard InChI is InChI=1S/C30H43N6O/c1-34-15-17-35(18-16-34)20-23-5-7-24(8-6-23)28-21-36(2,25-9-11-26(37)12-10-25)29-27(28)19-32-30(33-29)31-14-13-22-3-4-22/h5-8,19,21-22,25-26,37H,3-4,9-18,20H2,1-2H3,(H,31,32,33)/q+1. The average molecular weight is 504 g/mol. The van der Waals surface area contributed by atoms with Crippen molar-refractivity contribution in [2.45, 2.75) is 63.6 Å². The molecule has 2 aliphatic heterocycles. The summed E-state index contributed by atoms with van der Waals surface area (Å²) in [5.74, 6) is 2.74. The highest BCUT2D eigenvalue weighted by Crippen LogP contribution is 2.45. The average Bonchev–Trinajstić information content (AvgIpc) is 3.69. The number of aliphatic hydroxyl groups excluding tert-OH is 1. The highest BCUT2D eigenvalue weighted by Gasteiger charge is 2.45. The van der Waals surface area contributed by atoms with Crippen LogP contribution in [0.1, 0.15) is 61.6 Å². The maximum atomic E-state index is 10.2. The molecule has 2 saturated carbocycles. The van der Waals surface area contributed by atoms with Gasteiger partial charge in [-0.15, -0.1) is 0 Å². The Morgan fingerprint density at radius 2 is 1.73 bits per heavy atom. The van der Waals surface area contributed by atoms with Gasteiger partial charge in [0.25, 0.3) is 0 Å². The van der Waals surface area contributed by atoms with Crippen molar-refractivity contribution in [3.63, 3.8) is 0 Å². The van der Waals surface area contributed by atoms with Gasteiger partial charge in [0.2, 0.25) is 11.8 Å². The van der Waals surface area contributed by atoms with Crippen LogP contribution in [-0.2, 0) is 6.54 Å². The Hall–Kier alpha value is -2.32. The number of aromatic nitrogens is 2. The maximum absolute atomic E-state index is 10.2. The molecule has 0 spiro atoms. The zero-order valence-corrected chi connectivity index (χ0v) is 22.6. The Morgan fingerprint density at radius 1 is 1.00 bits per heavy atom. The van der Waals surface area contributed by atoms with E-state index < -0.39 is 0 Å². The van der Waals surface area contributed by atoms with Crippen molar-refractivity contribution in [3.8, 4) is 0 Å². The van der Waals surface area contributed by atoms with Crippen LogP contribution >= 0.6 is 0 Å². The molecule has 0 amide bonds. The van der Waals surface area contributed by atoms with E-state index in [1.54, 1.807) is 0 Å². The van der Waals surface area contributed by atoms with Gasteiger partial charge >= 0.3 is 0 Å². The normalized spacial score (nSPS) is 28.7. The number of aliphatic hydroxyl groups is 1. The number of nitrogens with one attached hydrogen (secondary N) is 1. The van der Waals surface area contributed by atoms with E-state index in [0.717, 1.165) is 88.2 Å². The van der Waals surface area contributed by atoms with Crippen molar-refractivity contribution in [2.24, 2.45) is 5.92 Å². The number of hydrogen-bond acceptors (Lipinski definition) is 6. The zero-order chi connectivity index (χ0) is 25.4. The second-order valence-electron chi connectivity index (χ2n) is 12.0. The van der Waals surface area contributed by atoms with Crippen molar-refractivity contribution in [3.05, 3.63) is 53.4 Å². The molecule has 3 heterocycles. The van der Waals surface area contributed by atoms with E-state index in [1.807, 2.05) is 6.20 Å². The van der Waals surface area contributed by atoms with Gasteiger partial charge in [-0.2, -0.15) is 4.98 Å². The van der Waals surface area contributed by atoms with Crippen LogP contribution in [0.2, 0.25) is 0 Å². The van der Waals surface area contributed by atoms with Gasteiger partial charge in [0.1, 0.15) is 6.20 Å². The second-order valence-corrected chi connectivity index (χ2v) is 12.0. The molecule has 1 unspecified atom stereocenters. The largest absolute Gasteiger partial charge is 0.393 e. The Kier molecular flexibility index (Phi) is 7.05. The third-order valence-electron chi connectivity index (χ3n) is 9.14. The first-order valence-electron chi connectivity index (χ1n) is 14.4. The van der Waals surface area contributed by atoms with E-state index >= 15 is 0 Å². The summed E-state index contributed by atoms with van der Waals surface area (Å²) in [6.45, 7) is 6.52. The molecule has 7 heteroatoms. The summed E-state index contributed by atoms with van der Waals surface area (Å²) in [6, 6.07) is 9.57. The highest BCUT2D eigenvalue weighted by molar-refractivity contribution is 5.89. The minimum absolute atomic E-state index is 0.161. The summed E-state index contributed by atoms with van der Waals surface area (Å²) < 4.78 is 0.695. The third kappa shape index (κ3) is 5.46. The van der Waals surface area contributed by atoms with E-state index in [0.29, 0.717) is 10.5 Å². The molecule has 1 aromatic heterocycles. The van der Waals surface area contributed by atoms with Crippen molar-refractivity contribution in [1.29, 1.82) is 0 Å². The van der Waals surface area contributed by atoms with Gasteiger partial charge in [-0.1, -0.05) is 37.1 Å².